The van der Waals surface area contributed by atoms with Gasteiger partial charge < -0.3 is 25.6 Å². The second-order valence-electron chi connectivity index (χ2n) is 4.85. The molecule has 118 valence electrons. The Morgan fingerprint density at radius 2 is 1.55 bits per heavy atom. The van der Waals surface area contributed by atoms with Crippen molar-refractivity contribution in [1.82, 2.24) is 0 Å². The minimum Gasteiger partial charge on any atom is -0.492 e. The van der Waals surface area contributed by atoms with Gasteiger partial charge in [-0.15, -0.1) is 0 Å². The minimum absolute atomic E-state index is 0.256. The smallest absolute Gasteiger partial charge is 0.119 e. The fourth-order valence-corrected chi connectivity index (χ4v) is 1.96. The summed E-state index contributed by atoms with van der Waals surface area (Å²) in [6, 6.07) is 17.4. The van der Waals surface area contributed by atoms with Crippen LogP contribution in [0.5, 0.6) is 5.75 Å². The first-order valence-electron chi connectivity index (χ1n) is 7.33. The third-order valence-electron chi connectivity index (χ3n) is 3.10. The summed E-state index contributed by atoms with van der Waals surface area (Å²) >= 11 is 0. The molecule has 2 rings (SSSR count). The lowest BCUT2D eigenvalue weighted by Crippen LogP contribution is -2.23. The highest BCUT2D eigenvalue weighted by atomic mass is 16.5. The lowest BCUT2D eigenvalue weighted by atomic mass is 10.2. The second kappa shape index (κ2) is 8.92. The summed E-state index contributed by atoms with van der Waals surface area (Å²) in [5.41, 5.74) is 1.82. The van der Waals surface area contributed by atoms with Crippen LogP contribution in [0.1, 0.15) is 0 Å². The third-order valence-corrected chi connectivity index (χ3v) is 3.10. The monoisotopic (exact) mass is 302 g/mol. The van der Waals surface area contributed by atoms with E-state index in [1.165, 1.54) is 0 Å². The van der Waals surface area contributed by atoms with E-state index in [1.54, 1.807) is 0 Å². The maximum Gasteiger partial charge on any atom is 0.119 e. The number of nitrogens with one attached hydrogen (secondary N) is 2. The summed E-state index contributed by atoms with van der Waals surface area (Å²) in [7, 11) is 0. The molecule has 5 heteroatoms. The van der Waals surface area contributed by atoms with Crippen LogP contribution in [0.2, 0.25) is 0 Å². The molecule has 2 aromatic carbocycles. The first-order chi connectivity index (χ1) is 10.8. The van der Waals surface area contributed by atoms with Crippen molar-refractivity contribution in [2.24, 2.45) is 0 Å². The molecule has 0 spiro atoms. The first-order valence-corrected chi connectivity index (χ1v) is 7.33. The standard InChI is InChI=1S/C17H22N2O3/c20-13-14(21)12-19-17-9-5-4-8-16(17)18-10-11-22-15-6-2-1-3-7-15/h1-9,14,18-21H,10-13H2. The number of para-hydroxylation sites is 3. The van der Waals surface area contributed by atoms with Crippen LogP contribution in [0.4, 0.5) is 11.4 Å². The van der Waals surface area contributed by atoms with E-state index in [0.717, 1.165) is 17.1 Å². The Morgan fingerprint density at radius 3 is 2.23 bits per heavy atom. The molecule has 0 fully saturated rings. The van der Waals surface area contributed by atoms with E-state index in [9.17, 15) is 5.11 Å². The molecule has 0 amide bonds. The Morgan fingerprint density at radius 1 is 0.909 bits per heavy atom. The van der Waals surface area contributed by atoms with Crippen LogP contribution in [0.3, 0.4) is 0 Å². The summed E-state index contributed by atoms with van der Waals surface area (Å²) in [6.07, 6.45) is -0.769. The number of hydrogen-bond donors (Lipinski definition) is 4. The number of anilines is 2. The normalized spacial score (nSPS) is 11.7. The molecule has 0 heterocycles. The highest BCUT2D eigenvalue weighted by molar-refractivity contribution is 5.68. The van der Waals surface area contributed by atoms with Gasteiger partial charge in [0.2, 0.25) is 0 Å². The highest BCUT2D eigenvalue weighted by Gasteiger charge is 2.04. The van der Waals surface area contributed by atoms with Crippen LogP contribution in [0, 0.1) is 0 Å². The second-order valence-corrected chi connectivity index (χ2v) is 4.85. The Labute approximate surface area is 130 Å². The quantitative estimate of drug-likeness (QED) is 0.533. The Balaban J connectivity index is 1.79. The molecule has 2 aromatic rings. The highest BCUT2D eigenvalue weighted by Crippen LogP contribution is 2.20. The average Bonchev–Trinajstić information content (AvgIpc) is 2.58. The fraction of sp³-hybridized carbons (Fsp3) is 0.294. The van der Waals surface area contributed by atoms with Crippen molar-refractivity contribution >= 4 is 11.4 Å². The van der Waals surface area contributed by atoms with Gasteiger partial charge >= 0.3 is 0 Å². The molecule has 0 saturated heterocycles. The van der Waals surface area contributed by atoms with Gasteiger partial charge in [-0.05, 0) is 24.3 Å². The minimum atomic E-state index is -0.769. The molecule has 22 heavy (non-hydrogen) atoms. The van der Waals surface area contributed by atoms with Gasteiger partial charge in [-0.1, -0.05) is 30.3 Å². The van der Waals surface area contributed by atoms with Crippen LogP contribution in [0.15, 0.2) is 54.6 Å². The van der Waals surface area contributed by atoms with Crippen molar-refractivity contribution in [3.8, 4) is 5.75 Å². The zero-order valence-electron chi connectivity index (χ0n) is 12.4. The molecule has 0 aliphatic heterocycles. The maximum atomic E-state index is 9.40. The summed E-state index contributed by atoms with van der Waals surface area (Å²) in [4.78, 5) is 0. The van der Waals surface area contributed by atoms with Gasteiger partial charge in [-0.3, -0.25) is 0 Å². The maximum absolute atomic E-state index is 9.40. The molecular weight excluding hydrogens is 280 g/mol. The first kappa shape index (κ1) is 16.1. The fourth-order valence-electron chi connectivity index (χ4n) is 1.96. The van der Waals surface area contributed by atoms with E-state index in [2.05, 4.69) is 10.6 Å². The van der Waals surface area contributed by atoms with Crippen molar-refractivity contribution in [1.29, 1.82) is 0 Å². The number of hydrogen-bond acceptors (Lipinski definition) is 5. The van der Waals surface area contributed by atoms with Crippen molar-refractivity contribution < 1.29 is 14.9 Å². The van der Waals surface area contributed by atoms with Crippen LogP contribution in [-0.4, -0.2) is 42.6 Å². The van der Waals surface area contributed by atoms with Gasteiger partial charge in [0.25, 0.3) is 0 Å². The van der Waals surface area contributed by atoms with Crippen LogP contribution >= 0.6 is 0 Å². The average molecular weight is 302 g/mol. The lowest BCUT2D eigenvalue weighted by Gasteiger charge is -2.15. The number of rotatable bonds is 9. The SMILES string of the molecule is OCC(O)CNc1ccccc1NCCOc1ccccc1. The van der Waals surface area contributed by atoms with E-state index in [-0.39, 0.29) is 6.61 Å². The number of ether oxygens (including phenoxy) is 1. The van der Waals surface area contributed by atoms with Gasteiger partial charge in [-0.2, -0.15) is 0 Å². The summed E-state index contributed by atoms with van der Waals surface area (Å²) < 4.78 is 5.63. The summed E-state index contributed by atoms with van der Waals surface area (Å²) in [5, 5.41) is 24.6. The van der Waals surface area contributed by atoms with Gasteiger partial charge in [0, 0.05) is 13.1 Å². The topological polar surface area (TPSA) is 73.8 Å². The molecule has 0 bridgehead atoms. The van der Waals surface area contributed by atoms with Gasteiger partial charge in [0.1, 0.15) is 12.4 Å². The molecule has 1 unspecified atom stereocenters. The van der Waals surface area contributed by atoms with Crippen molar-refractivity contribution in [2.75, 3.05) is 36.9 Å². The number of aliphatic hydroxyl groups excluding tert-OH is 2. The zero-order valence-corrected chi connectivity index (χ0v) is 12.4. The summed E-state index contributed by atoms with van der Waals surface area (Å²) in [6.45, 7) is 1.26. The van der Waals surface area contributed by atoms with Crippen LogP contribution in [0.25, 0.3) is 0 Å². The largest absolute Gasteiger partial charge is 0.492 e. The molecule has 4 N–H and O–H groups in total. The molecular formula is C17H22N2O3. The van der Waals surface area contributed by atoms with Crippen LogP contribution in [-0.2, 0) is 0 Å². The Kier molecular flexibility index (Phi) is 6.54. The van der Waals surface area contributed by atoms with Gasteiger partial charge in [0.05, 0.1) is 24.1 Å². The molecule has 0 aliphatic carbocycles. The van der Waals surface area contributed by atoms with Gasteiger partial charge in [-0.25, -0.2) is 0 Å². The molecule has 0 aromatic heterocycles. The van der Waals surface area contributed by atoms with E-state index >= 15 is 0 Å². The van der Waals surface area contributed by atoms with Gasteiger partial charge in [0.15, 0.2) is 0 Å². The Hall–Kier alpha value is -2.24. The molecule has 0 aliphatic rings. The van der Waals surface area contributed by atoms with E-state index in [1.807, 2.05) is 54.6 Å². The number of aliphatic hydroxyl groups is 2. The van der Waals surface area contributed by atoms with Crippen LogP contribution < -0.4 is 15.4 Å². The summed E-state index contributed by atoms with van der Waals surface area (Å²) in [5.74, 6) is 0.849. The lowest BCUT2D eigenvalue weighted by molar-refractivity contribution is 0.105. The van der Waals surface area contributed by atoms with E-state index in [4.69, 9.17) is 9.84 Å². The Bertz CT molecular complexity index is 549. The van der Waals surface area contributed by atoms with Crippen molar-refractivity contribution in [2.45, 2.75) is 6.10 Å². The number of benzene rings is 2. The van der Waals surface area contributed by atoms with Crippen molar-refractivity contribution in [3.05, 3.63) is 54.6 Å². The molecule has 1 atom stereocenters. The molecule has 0 saturated carbocycles. The predicted octanol–water partition coefficient (Wildman–Crippen LogP) is 1.94. The third kappa shape index (κ3) is 5.27. The van der Waals surface area contributed by atoms with E-state index < -0.39 is 6.10 Å². The molecule has 0 radical (unpaired) electrons. The van der Waals surface area contributed by atoms with E-state index in [0.29, 0.717) is 19.7 Å². The molecule has 5 nitrogen and oxygen atoms in total. The van der Waals surface area contributed by atoms with Crippen molar-refractivity contribution in [3.63, 3.8) is 0 Å². The zero-order chi connectivity index (χ0) is 15.6. The predicted molar refractivity (Wildman–Crippen MR) is 88.5 cm³/mol.